The summed E-state index contributed by atoms with van der Waals surface area (Å²) in [5, 5.41) is 0. The predicted octanol–water partition coefficient (Wildman–Crippen LogP) is 3.31. The van der Waals surface area contributed by atoms with E-state index in [1.54, 1.807) is 11.1 Å². The summed E-state index contributed by atoms with van der Waals surface area (Å²) < 4.78 is 0. The molecule has 84 valence electrons. The number of nitrogens with two attached hydrogens (primary N) is 1. The molecule has 16 heavy (non-hydrogen) atoms. The van der Waals surface area contributed by atoms with E-state index < -0.39 is 0 Å². The van der Waals surface area contributed by atoms with E-state index in [-0.39, 0.29) is 0 Å². The fourth-order valence-corrected chi connectivity index (χ4v) is 3.96. The number of hydrogen-bond donors (Lipinski definition) is 1. The first-order valence-electron chi connectivity index (χ1n) is 6.00. The van der Waals surface area contributed by atoms with Crippen molar-refractivity contribution < 1.29 is 0 Å². The number of benzene rings is 1. The summed E-state index contributed by atoms with van der Waals surface area (Å²) in [5.74, 6) is 1.96. The molecule has 0 spiro atoms. The van der Waals surface area contributed by atoms with Crippen molar-refractivity contribution >= 4 is 11.8 Å². The molecule has 3 rings (SSSR count). The quantitative estimate of drug-likeness (QED) is 0.790. The van der Waals surface area contributed by atoms with Crippen molar-refractivity contribution in [2.24, 2.45) is 5.73 Å². The molecular formula is C14H17NS. The van der Waals surface area contributed by atoms with E-state index in [9.17, 15) is 0 Å². The molecule has 0 amide bonds. The maximum absolute atomic E-state index is 5.91. The molecule has 0 saturated heterocycles. The smallest absolute Gasteiger partial charge is 0.0229 e. The van der Waals surface area contributed by atoms with Crippen LogP contribution >= 0.6 is 11.8 Å². The van der Waals surface area contributed by atoms with Crippen LogP contribution in [0.15, 0.2) is 40.8 Å². The van der Waals surface area contributed by atoms with Crippen LogP contribution in [-0.2, 0) is 0 Å². The van der Waals surface area contributed by atoms with Crippen molar-refractivity contribution in [2.75, 3.05) is 5.75 Å². The fourth-order valence-electron chi connectivity index (χ4n) is 2.71. The Morgan fingerprint density at radius 1 is 1.31 bits per heavy atom. The highest BCUT2D eigenvalue weighted by molar-refractivity contribution is 7.99. The first-order valence-corrected chi connectivity index (χ1v) is 6.98. The van der Waals surface area contributed by atoms with Crippen molar-refractivity contribution in [1.82, 2.24) is 0 Å². The van der Waals surface area contributed by atoms with Crippen LogP contribution in [0.5, 0.6) is 0 Å². The summed E-state index contributed by atoms with van der Waals surface area (Å²) in [6.45, 7) is 0. The molecule has 0 fully saturated rings. The highest BCUT2D eigenvalue weighted by atomic mass is 32.2. The molecule has 2 atom stereocenters. The van der Waals surface area contributed by atoms with Crippen molar-refractivity contribution in [3.8, 4) is 0 Å². The van der Waals surface area contributed by atoms with E-state index >= 15 is 0 Å². The Kier molecular flexibility index (Phi) is 2.78. The molecule has 2 aliphatic rings. The molecule has 2 N–H and O–H groups in total. The molecule has 1 aliphatic heterocycles. The van der Waals surface area contributed by atoms with Gasteiger partial charge in [0.15, 0.2) is 0 Å². The van der Waals surface area contributed by atoms with Crippen LogP contribution in [0, 0.1) is 0 Å². The zero-order valence-electron chi connectivity index (χ0n) is 9.36. The average molecular weight is 231 g/mol. The van der Waals surface area contributed by atoms with Gasteiger partial charge in [-0.1, -0.05) is 29.8 Å². The van der Waals surface area contributed by atoms with E-state index in [2.05, 4.69) is 30.3 Å². The Bertz CT molecular complexity index is 424. The summed E-state index contributed by atoms with van der Waals surface area (Å²) in [6, 6.07) is 9.15. The van der Waals surface area contributed by atoms with E-state index in [1.165, 1.54) is 23.5 Å². The Morgan fingerprint density at radius 3 is 3.00 bits per heavy atom. The van der Waals surface area contributed by atoms with E-state index in [0.29, 0.717) is 6.04 Å². The monoisotopic (exact) mass is 231 g/mol. The lowest BCUT2D eigenvalue weighted by molar-refractivity contribution is 0.723. The van der Waals surface area contributed by atoms with Crippen molar-refractivity contribution in [2.45, 2.75) is 36.1 Å². The van der Waals surface area contributed by atoms with Crippen LogP contribution in [-0.4, -0.2) is 11.8 Å². The molecular weight excluding hydrogens is 214 g/mol. The van der Waals surface area contributed by atoms with Gasteiger partial charge in [0.25, 0.3) is 0 Å². The van der Waals surface area contributed by atoms with Gasteiger partial charge >= 0.3 is 0 Å². The molecule has 0 aromatic heterocycles. The largest absolute Gasteiger partial charge is 0.324 e. The molecule has 1 aliphatic carbocycles. The lowest BCUT2D eigenvalue weighted by Gasteiger charge is -2.11. The van der Waals surface area contributed by atoms with Gasteiger partial charge in [-0.2, -0.15) is 0 Å². The lowest BCUT2D eigenvalue weighted by Crippen LogP contribution is -2.11. The zero-order chi connectivity index (χ0) is 11.0. The van der Waals surface area contributed by atoms with Crippen LogP contribution in [0.2, 0.25) is 0 Å². The van der Waals surface area contributed by atoms with Crippen molar-refractivity contribution in [3.05, 3.63) is 41.5 Å². The standard InChI is InChI=1S/C14H17NS/c15-12-6-5-10(8-12)7-11-9-16-14-4-2-1-3-13(11)14/h1-4,8,11-12H,5-7,9,15H2. The second kappa shape index (κ2) is 4.27. The minimum atomic E-state index is 0.319. The molecule has 0 saturated carbocycles. The molecule has 1 nitrogen and oxygen atoms in total. The molecule has 1 aromatic carbocycles. The molecule has 1 aromatic rings. The zero-order valence-corrected chi connectivity index (χ0v) is 10.2. The van der Waals surface area contributed by atoms with Gasteiger partial charge in [-0.15, -0.1) is 11.8 Å². The Morgan fingerprint density at radius 2 is 2.19 bits per heavy atom. The normalized spacial score (nSPS) is 27.9. The number of rotatable bonds is 2. The fraction of sp³-hybridized carbons (Fsp3) is 0.429. The summed E-state index contributed by atoms with van der Waals surface area (Å²) in [6.07, 6.45) is 5.87. The summed E-state index contributed by atoms with van der Waals surface area (Å²) >= 11 is 2.00. The van der Waals surface area contributed by atoms with Crippen LogP contribution in [0.25, 0.3) is 0 Å². The minimum absolute atomic E-state index is 0.319. The second-order valence-corrected chi connectivity index (χ2v) is 5.84. The van der Waals surface area contributed by atoms with E-state index in [0.717, 1.165) is 12.3 Å². The van der Waals surface area contributed by atoms with Gasteiger partial charge < -0.3 is 5.73 Å². The van der Waals surface area contributed by atoms with Crippen molar-refractivity contribution in [1.29, 1.82) is 0 Å². The molecule has 0 radical (unpaired) electrons. The predicted molar refractivity (Wildman–Crippen MR) is 69.8 cm³/mol. The second-order valence-electron chi connectivity index (χ2n) is 4.78. The maximum atomic E-state index is 5.91. The molecule has 2 unspecified atom stereocenters. The molecule has 1 heterocycles. The van der Waals surface area contributed by atoms with E-state index in [4.69, 9.17) is 5.73 Å². The number of fused-ring (bicyclic) bond motifs is 1. The minimum Gasteiger partial charge on any atom is -0.324 e. The summed E-state index contributed by atoms with van der Waals surface area (Å²) in [4.78, 5) is 1.48. The van der Waals surface area contributed by atoms with Crippen LogP contribution in [0.3, 0.4) is 0 Å². The highest BCUT2D eigenvalue weighted by Gasteiger charge is 2.24. The van der Waals surface area contributed by atoms with Gasteiger partial charge in [-0.25, -0.2) is 0 Å². The third kappa shape index (κ3) is 1.92. The van der Waals surface area contributed by atoms with Crippen LogP contribution in [0.4, 0.5) is 0 Å². The molecule has 0 bridgehead atoms. The van der Waals surface area contributed by atoms with Gasteiger partial charge in [0.2, 0.25) is 0 Å². The van der Waals surface area contributed by atoms with Gasteiger partial charge in [0, 0.05) is 16.7 Å². The highest BCUT2D eigenvalue weighted by Crippen LogP contribution is 2.43. The number of hydrogen-bond acceptors (Lipinski definition) is 2. The number of allylic oxidation sites excluding steroid dienone is 1. The van der Waals surface area contributed by atoms with Gasteiger partial charge in [-0.05, 0) is 36.8 Å². The van der Waals surface area contributed by atoms with Gasteiger partial charge in [0.05, 0.1) is 0 Å². The lowest BCUT2D eigenvalue weighted by atomic mass is 9.93. The van der Waals surface area contributed by atoms with Crippen LogP contribution in [0.1, 0.15) is 30.7 Å². The van der Waals surface area contributed by atoms with Crippen LogP contribution < -0.4 is 5.73 Å². The Labute approximate surface area is 101 Å². The van der Waals surface area contributed by atoms with E-state index in [1.807, 2.05) is 11.8 Å². The average Bonchev–Trinajstić information content (AvgIpc) is 2.87. The first kappa shape index (κ1) is 10.4. The third-order valence-electron chi connectivity index (χ3n) is 3.56. The first-order chi connectivity index (χ1) is 7.83. The summed E-state index contributed by atoms with van der Waals surface area (Å²) in [7, 11) is 0. The van der Waals surface area contributed by atoms with Crippen molar-refractivity contribution in [3.63, 3.8) is 0 Å². The number of thioether (sulfide) groups is 1. The van der Waals surface area contributed by atoms with Gasteiger partial charge in [-0.3, -0.25) is 0 Å². The topological polar surface area (TPSA) is 26.0 Å². The molecule has 2 heteroatoms. The third-order valence-corrected chi connectivity index (χ3v) is 4.81. The SMILES string of the molecule is NC1C=C(CC2CSc3ccccc32)CC1. The Hall–Kier alpha value is -0.730. The van der Waals surface area contributed by atoms with Gasteiger partial charge in [0.1, 0.15) is 0 Å². The summed E-state index contributed by atoms with van der Waals surface area (Å²) in [5.41, 5.74) is 9.04. The Balaban J connectivity index is 1.76. The maximum Gasteiger partial charge on any atom is 0.0229 e.